The molecule has 0 aliphatic heterocycles. The molecule has 0 bridgehead atoms. The van der Waals surface area contributed by atoms with Crippen molar-refractivity contribution in [1.29, 1.82) is 0 Å². The summed E-state index contributed by atoms with van der Waals surface area (Å²) in [4.78, 5) is 0. The van der Waals surface area contributed by atoms with Crippen molar-refractivity contribution >= 4 is 23.5 Å². The second-order valence-corrected chi connectivity index (χ2v) is 16.1. The van der Waals surface area contributed by atoms with Gasteiger partial charge in [0.05, 0.1) is 23.5 Å². The summed E-state index contributed by atoms with van der Waals surface area (Å²) in [6.07, 6.45) is 12.5. The first kappa shape index (κ1) is 28.4. The molecule has 0 aliphatic carbocycles. The second-order valence-electron chi connectivity index (χ2n) is 8.95. The largest absolute Gasteiger partial charge is 0.474 e. The molecule has 0 saturated carbocycles. The quantitative estimate of drug-likeness (QED) is 0.194. The fourth-order valence-corrected chi connectivity index (χ4v) is 8.72. The molecule has 1 heterocycles. The summed E-state index contributed by atoms with van der Waals surface area (Å²) >= 11 is 0. The molecule has 1 atom stereocenters. The summed E-state index contributed by atoms with van der Waals surface area (Å²) in [5.74, 6) is 0.129. The average molecular weight is 474 g/mol. The molecule has 1 aromatic rings. The van der Waals surface area contributed by atoms with E-state index in [0.717, 1.165) is 36.4 Å². The molecular weight excluding hydrogens is 426 g/mol. The van der Waals surface area contributed by atoms with Crippen molar-refractivity contribution in [2.24, 2.45) is 0 Å². The van der Waals surface area contributed by atoms with Crippen molar-refractivity contribution in [3.8, 4) is 0 Å². The zero-order chi connectivity index (χ0) is 23.2. The first-order valence-electron chi connectivity index (χ1n) is 12.6. The topological polar surface area (TPSA) is 79.5 Å². The van der Waals surface area contributed by atoms with Crippen LogP contribution in [0.1, 0.15) is 104 Å². The van der Waals surface area contributed by atoms with Crippen LogP contribution < -0.4 is 10.1 Å². The third-order valence-electron chi connectivity index (χ3n) is 6.82. The van der Waals surface area contributed by atoms with Crippen LogP contribution in [-0.2, 0) is 10.0 Å². The van der Waals surface area contributed by atoms with Crippen molar-refractivity contribution < 1.29 is 17.9 Å². The summed E-state index contributed by atoms with van der Waals surface area (Å²) in [5.41, 5.74) is 0.670. The lowest BCUT2D eigenvalue weighted by molar-refractivity contribution is 0.181. The first-order valence-corrected chi connectivity index (χ1v) is 16.9. The summed E-state index contributed by atoms with van der Waals surface area (Å²) in [7, 11) is -4.99. The highest BCUT2D eigenvalue weighted by molar-refractivity contribution is 7.89. The minimum Gasteiger partial charge on any atom is -0.474 e. The molecule has 0 fully saturated rings. The van der Waals surface area contributed by atoms with E-state index in [-0.39, 0.29) is 12.3 Å². The van der Waals surface area contributed by atoms with Crippen LogP contribution in [0.15, 0.2) is 16.7 Å². The van der Waals surface area contributed by atoms with E-state index in [2.05, 4.69) is 32.4 Å². The highest BCUT2D eigenvalue weighted by Crippen LogP contribution is 2.23. The molecule has 0 radical (unpaired) electrons. The van der Waals surface area contributed by atoms with Gasteiger partial charge in [-0.3, -0.25) is 0 Å². The first-order chi connectivity index (χ1) is 14.8. The fourth-order valence-electron chi connectivity index (χ4n) is 4.25. The Kier molecular flexibility index (Phi) is 14.0. The molecule has 0 saturated heterocycles. The fraction of sp³-hybridized carbons (Fsp3) is 0.833. The Morgan fingerprint density at radius 1 is 0.903 bits per heavy atom. The standard InChI is InChI=1S/C24H47NO4SSi/c1-5-9-10-11-12-13-14-15-16-17-18-30(27,28)25-20-23(26)22-19-24(29-21-22)31(6-2,7-3)8-4/h19,21,23,25-26H,5-18,20H2,1-4H3. The average Bonchev–Trinajstić information content (AvgIpc) is 3.26. The van der Waals surface area contributed by atoms with Gasteiger partial charge in [0, 0.05) is 12.1 Å². The zero-order valence-electron chi connectivity index (χ0n) is 20.4. The lowest BCUT2D eigenvalue weighted by Gasteiger charge is -2.24. The van der Waals surface area contributed by atoms with E-state index in [1.807, 2.05) is 6.07 Å². The van der Waals surface area contributed by atoms with Gasteiger partial charge in [-0.15, -0.1) is 0 Å². The molecule has 7 heteroatoms. The van der Waals surface area contributed by atoms with Crippen molar-refractivity contribution in [1.82, 2.24) is 4.72 Å². The van der Waals surface area contributed by atoms with Gasteiger partial charge in [-0.1, -0.05) is 104 Å². The number of furan rings is 1. The normalized spacial score (nSPS) is 13.6. The van der Waals surface area contributed by atoms with Gasteiger partial charge in [0.25, 0.3) is 0 Å². The van der Waals surface area contributed by atoms with Crippen LogP contribution in [0.4, 0.5) is 0 Å². The SMILES string of the molecule is CCCCCCCCCCCCS(=O)(=O)NCC(O)c1coc([Si](CC)(CC)CC)c1. The maximum absolute atomic E-state index is 12.3. The second kappa shape index (κ2) is 15.2. The number of hydrogen-bond acceptors (Lipinski definition) is 4. The molecule has 1 rings (SSSR count). The van der Waals surface area contributed by atoms with Gasteiger partial charge in [-0.25, -0.2) is 13.1 Å². The Bertz CT molecular complexity index is 677. The molecular formula is C24H47NO4SSi. The molecule has 0 aromatic carbocycles. The van der Waals surface area contributed by atoms with Gasteiger partial charge < -0.3 is 9.52 Å². The van der Waals surface area contributed by atoms with Crippen LogP contribution in [0.25, 0.3) is 0 Å². The number of rotatable bonds is 19. The molecule has 1 aromatic heterocycles. The Balaban J connectivity index is 2.31. The molecule has 5 nitrogen and oxygen atoms in total. The number of unbranched alkanes of at least 4 members (excludes halogenated alkanes) is 9. The molecule has 31 heavy (non-hydrogen) atoms. The van der Waals surface area contributed by atoms with E-state index in [1.54, 1.807) is 6.26 Å². The lowest BCUT2D eigenvalue weighted by Crippen LogP contribution is -2.44. The van der Waals surface area contributed by atoms with E-state index in [4.69, 9.17) is 4.42 Å². The highest BCUT2D eigenvalue weighted by atomic mass is 32.2. The summed E-state index contributed by atoms with van der Waals surface area (Å²) in [6, 6.07) is 5.27. The van der Waals surface area contributed by atoms with Gasteiger partial charge in [-0.05, 0) is 12.5 Å². The number of nitrogens with one attached hydrogen (secondary N) is 1. The van der Waals surface area contributed by atoms with E-state index in [9.17, 15) is 13.5 Å². The van der Waals surface area contributed by atoms with Crippen molar-refractivity contribution in [2.75, 3.05) is 12.3 Å². The van der Waals surface area contributed by atoms with Crippen LogP contribution in [0.5, 0.6) is 0 Å². The molecule has 1 unspecified atom stereocenters. The summed E-state index contributed by atoms with van der Waals surface area (Å²) in [6.45, 7) is 8.85. The van der Waals surface area contributed by atoms with Crippen LogP contribution >= 0.6 is 0 Å². The van der Waals surface area contributed by atoms with Crippen molar-refractivity contribution in [3.63, 3.8) is 0 Å². The van der Waals surface area contributed by atoms with Gasteiger partial charge >= 0.3 is 0 Å². The van der Waals surface area contributed by atoms with E-state index >= 15 is 0 Å². The maximum Gasteiger partial charge on any atom is 0.211 e. The Morgan fingerprint density at radius 3 is 1.94 bits per heavy atom. The Morgan fingerprint density at radius 2 is 1.42 bits per heavy atom. The van der Waals surface area contributed by atoms with E-state index in [1.165, 1.54) is 44.9 Å². The molecule has 182 valence electrons. The van der Waals surface area contributed by atoms with Crippen molar-refractivity contribution in [3.05, 3.63) is 17.9 Å². The van der Waals surface area contributed by atoms with E-state index in [0.29, 0.717) is 12.0 Å². The number of aliphatic hydroxyl groups excluding tert-OH is 1. The van der Waals surface area contributed by atoms with Crippen LogP contribution in [0.2, 0.25) is 18.1 Å². The van der Waals surface area contributed by atoms with Crippen LogP contribution in [0.3, 0.4) is 0 Å². The molecule has 2 N–H and O–H groups in total. The summed E-state index contributed by atoms with van der Waals surface area (Å²) < 4.78 is 32.9. The van der Waals surface area contributed by atoms with E-state index < -0.39 is 24.2 Å². The third kappa shape index (κ3) is 10.2. The zero-order valence-corrected chi connectivity index (χ0v) is 22.2. The number of hydrogen-bond donors (Lipinski definition) is 2. The van der Waals surface area contributed by atoms with Gasteiger partial charge in [0.1, 0.15) is 8.07 Å². The summed E-state index contributed by atoms with van der Waals surface area (Å²) in [5, 5.41) is 11.5. The number of aliphatic hydroxyl groups is 1. The lowest BCUT2D eigenvalue weighted by atomic mass is 10.1. The third-order valence-corrected chi connectivity index (χ3v) is 13.6. The molecule has 0 spiro atoms. The molecule has 0 amide bonds. The smallest absolute Gasteiger partial charge is 0.211 e. The Hall–Kier alpha value is -0.633. The van der Waals surface area contributed by atoms with Crippen LogP contribution in [-0.4, -0.2) is 33.9 Å². The predicted octanol–water partition coefficient (Wildman–Crippen LogP) is 5.87. The predicted molar refractivity (Wildman–Crippen MR) is 134 cm³/mol. The maximum atomic E-state index is 12.3. The number of sulfonamides is 1. The van der Waals surface area contributed by atoms with Crippen LogP contribution in [0, 0.1) is 0 Å². The van der Waals surface area contributed by atoms with Gasteiger partial charge in [-0.2, -0.15) is 0 Å². The van der Waals surface area contributed by atoms with Crippen molar-refractivity contribution in [2.45, 2.75) is 116 Å². The Labute approximate surface area is 192 Å². The minimum absolute atomic E-state index is 0.00199. The van der Waals surface area contributed by atoms with Gasteiger partial charge in [0.15, 0.2) is 0 Å². The monoisotopic (exact) mass is 473 g/mol. The van der Waals surface area contributed by atoms with Gasteiger partial charge in [0.2, 0.25) is 10.0 Å². The molecule has 0 aliphatic rings. The highest BCUT2D eigenvalue weighted by Gasteiger charge is 2.33. The minimum atomic E-state index is -3.36.